The van der Waals surface area contributed by atoms with Crippen molar-refractivity contribution in [1.82, 2.24) is 0 Å². The SMILES string of the molecule is CCC(C)C(N=[N+]=[N-])C(=O)O[C@H]1CC[C@H]2[C@@H]3CC(=O)[C@H]4C[C@H](O)[C@H](O)C[C@]4(C)[C@H]3CC[C@]12C. The zero-order valence-corrected chi connectivity index (χ0v) is 20.3. The fourth-order valence-corrected chi connectivity index (χ4v) is 8.10. The number of fused-ring (bicyclic) bond motifs is 5. The normalized spacial score (nSPS) is 46.2. The maximum absolute atomic E-state index is 13.2. The van der Waals surface area contributed by atoms with E-state index in [0.29, 0.717) is 25.2 Å². The molecule has 0 aromatic heterocycles. The van der Waals surface area contributed by atoms with Crippen molar-refractivity contribution in [3.63, 3.8) is 0 Å². The predicted octanol–water partition coefficient (Wildman–Crippen LogP) is 4.18. The first-order valence-electron chi connectivity index (χ1n) is 12.7. The van der Waals surface area contributed by atoms with Crippen LogP contribution in [0.1, 0.15) is 79.1 Å². The lowest BCUT2D eigenvalue weighted by molar-refractivity contribution is -0.181. The van der Waals surface area contributed by atoms with Crippen molar-refractivity contribution in [3.8, 4) is 0 Å². The van der Waals surface area contributed by atoms with Gasteiger partial charge in [-0.15, -0.1) is 0 Å². The molecule has 0 radical (unpaired) electrons. The second kappa shape index (κ2) is 8.86. The molecule has 8 heteroatoms. The van der Waals surface area contributed by atoms with Gasteiger partial charge < -0.3 is 14.9 Å². The minimum atomic E-state index is -0.817. The molecule has 0 saturated heterocycles. The Hall–Kier alpha value is -1.63. The second-order valence-corrected chi connectivity index (χ2v) is 11.8. The van der Waals surface area contributed by atoms with E-state index < -0.39 is 24.2 Å². The largest absolute Gasteiger partial charge is 0.461 e. The Morgan fingerprint density at radius 1 is 1.21 bits per heavy atom. The number of ether oxygens (including phenoxy) is 1. The molecule has 0 heterocycles. The number of aliphatic hydroxyl groups is 2. The fraction of sp³-hybridized carbons (Fsp3) is 0.920. The summed E-state index contributed by atoms with van der Waals surface area (Å²) in [4.78, 5) is 29.1. The highest BCUT2D eigenvalue weighted by Gasteiger charge is 2.63. The standard InChI is InChI=1S/C25H39N3O5/c1-5-13(2)22(27-28-26)23(32)33-21-7-6-15-14-10-18(29)17-11-19(30)20(31)12-25(17,4)16(14)8-9-24(15,21)3/h13-17,19-22,30-31H,5-12H2,1-4H3/t13?,14-,15-,16-,17+,19-,20+,21-,22?,24-,25+/m0/s1. The molecule has 33 heavy (non-hydrogen) atoms. The molecule has 11 atom stereocenters. The third kappa shape index (κ3) is 3.88. The van der Waals surface area contributed by atoms with Crippen LogP contribution < -0.4 is 0 Å². The van der Waals surface area contributed by atoms with E-state index in [-0.39, 0.29) is 46.4 Å². The first kappa shape index (κ1) is 24.5. The Bertz CT molecular complexity index is 844. The molecule has 0 aliphatic heterocycles. The zero-order valence-electron chi connectivity index (χ0n) is 20.3. The summed E-state index contributed by atoms with van der Waals surface area (Å²) in [6.45, 7) is 8.20. The van der Waals surface area contributed by atoms with Crippen molar-refractivity contribution < 1.29 is 24.5 Å². The molecule has 4 aliphatic carbocycles. The Kier molecular flexibility index (Phi) is 6.58. The number of carbonyl (C=O) groups excluding carboxylic acids is 2. The molecular weight excluding hydrogens is 422 g/mol. The van der Waals surface area contributed by atoms with Crippen LogP contribution in [-0.2, 0) is 14.3 Å². The second-order valence-electron chi connectivity index (χ2n) is 11.8. The van der Waals surface area contributed by atoms with Gasteiger partial charge in [-0.3, -0.25) is 9.59 Å². The van der Waals surface area contributed by atoms with Gasteiger partial charge in [0.25, 0.3) is 0 Å². The first-order chi connectivity index (χ1) is 15.6. The number of hydrogen-bond donors (Lipinski definition) is 2. The van der Waals surface area contributed by atoms with Gasteiger partial charge in [-0.1, -0.05) is 39.2 Å². The molecule has 2 unspecified atom stereocenters. The highest BCUT2D eigenvalue weighted by molar-refractivity contribution is 5.83. The lowest BCUT2D eigenvalue weighted by Crippen LogP contribution is -2.59. The van der Waals surface area contributed by atoms with Crippen LogP contribution in [-0.4, -0.2) is 46.3 Å². The van der Waals surface area contributed by atoms with Crippen LogP contribution in [0, 0.1) is 40.4 Å². The smallest absolute Gasteiger partial charge is 0.315 e. The van der Waals surface area contributed by atoms with E-state index in [4.69, 9.17) is 10.3 Å². The van der Waals surface area contributed by atoms with Gasteiger partial charge in [0.05, 0.1) is 12.2 Å². The van der Waals surface area contributed by atoms with Crippen molar-refractivity contribution in [1.29, 1.82) is 0 Å². The average molecular weight is 462 g/mol. The number of nitrogens with zero attached hydrogens (tertiary/aromatic N) is 3. The van der Waals surface area contributed by atoms with Gasteiger partial charge in [0, 0.05) is 22.7 Å². The summed E-state index contributed by atoms with van der Waals surface area (Å²) in [5, 5.41) is 24.4. The summed E-state index contributed by atoms with van der Waals surface area (Å²) < 4.78 is 6.03. The number of Topliss-reactive ketones (excluding diaryl/α,β-unsaturated/α-hetero) is 1. The molecule has 2 N–H and O–H groups in total. The molecule has 4 fully saturated rings. The quantitative estimate of drug-likeness (QED) is 0.274. The van der Waals surface area contributed by atoms with E-state index in [0.717, 1.165) is 32.1 Å². The lowest BCUT2D eigenvalue weighted by atomic mass is 9.44. The fourth-order valence-electron chi connectivity index (χ4n) is 8.10. The molecule has 4 aliphatic rings. The topological polar surface area (TPSA) is 133 Å². The molecule has 4 saturated carbocycles. The van der Waals surface area contributed by atoms with Gasteiger partial charge in [0.2, 0.25) is 0 Å². The summed E-state index contributed by atoms with van der Waals surface area (Å²) in [6, 6.07) is -0.815. The van der Waals surface area contributed by atoms with Crippen molar-refractivity contribution in [2.24, 2.45) is 45.5 Å². The van der Waals surface area contributed by atoms with E-state index in [1.807, 2.05) is 13.8 Å². The van der Waals surface area contributed by atoms with E-state index in [1.54, 1.807) is 0 Å². The number of azide groups is 1. The van der Waals surface area contributed by atoms with Gasteiger partial charge in [0.15, 0.2) is 0 Å². The molecule has 0 aromatic carbocycles. The van der Waals surface area contributed by atoms with Crippen LogP contribution in [0.25, 0.3) is 10.4 Å². The number of esters is 1. The molecule has 0 aromatic rings. The first-order valence-corrected chi connectivity index (χ1v) is 12.7. The summed E-state index contributed by atoms with van der Waals surface area (Å²) in [6.07, 6.45) is 3.73. The van der Waals surface area contributed by atoms with E-state index in [9.17, 15) is 19.8 Å². The molecule has 184 valence electrons. The van der Waals surface area contributed by atoms with E-state index >= 15 is 0 Å². The summed E-state index contributed by atoms with van der Waals surface area (Å²) in [7, 11) is 0. The summed E-state index contributed by atoms with van der Waals surface area (Å²) >= 11 is 0. The summed E-state index contributed by atoms with van der Waals surface area (Å²) in [5.74, 6) is 0.326. The molecule has 4 rings (SSSR count). The number of ketones is 1. The van der Waals surface area contributed by atoms with Gasteiger partial charge >= 0.3 is 5.97 Å². The zero-order chi connectivity index (χ0) is 24.1. The lowest BCUT2D eigenvalue weighted by Gasteiger charge is -2.60. The van der Waals surface area contributed by atoms with Crippen LogP contribution in [0.5, 0.6) is 0 Å². The Labute approximate surface area is 196 Å². The molecular formula is C25H39N3O5. The number of rotatable bonds is 5. The monoisotopic (exact) mass is 461 g/mol. The highest BCUT2D eigenvalue weighted by atomic mass is 16.5. The minimum Gasteiger partial charge on any atom is -0.461 e. The average Bonchev–Trinajstić information content (AvgIpc) is 3.09. The van der Waals surface area contributed by atoms with Gasteiger partial charge in [-0.2, -0.15) is 0 Å². The van der Waals surface area contributed by atoms with E-state index in [1.165, 1.54) is 0 Å². The third-order valence-electron chi connectivity index (χ3n) is 10.2. The van der Waals surface area contributed by atoms with Crippen molar-refractivity contribution in [2.45, 2.75) is 103 Å². The molecule has 0 spiro atoms. The number of hydrogen-bond acceptors (Lipinski definition) is 6. The Morgan fingerprint density at radius 2 is 1.91 bits per heavy atom. The van der Waals surface area contributed by atoms with Gasteiger partial charge in [-0.25, -0.2) is 0 Å². The van der Waals surface area contributed by atoms with Gasteiger partial charge in [-0.05, 0) is 73.1 Å². The van der Waals surface area contributed by atoms with Crippen LogP contribution in [0.3, 0.4) is 0 Å². The Balaban J connectivity index is 1.54. The van der Waals surface area contributed by atoms with Crippen molar-refractivity contribution >= 4 is 11.8 Å². The van der Waals surface area contributed by atoms with Crippen LogP contribution in [0.15, 0.2) is 5.11 Å². The predicted molar refractivity (Wildman–Crippen MR) is 122 cm³/mol. The van der Waals surface area contributed by atoms with Crippen LogP contribution in [0.2, 0.25) is 0 Å². The van der Waals surface area contributed by atoms with Crippen LogP contribution >= 0.6 is 0 Å². The third-order valence-corrected chi connectivity index (χ3v) is 10.2. The Morgan fingerprint density at radius 3 is 2.58 bits per heavy atom. The molecule has 0 bridgehead atoms. The van der Waals surface area contributed by atoms with Crippen molar-refractivity contribution in [3.05, 3.63) is 10.4 Å². The highest BCUT2D eigenvalue weighted by Crippen LogP contribution is 2.65. The maximum Gasteiger partial charge on any atom is 0.315 e. The van der Waals surface area contributed by atoms with E-state index in [2.05, 4.69) is 23.9 Å². The number of carbonyl (C=O) groups is 2. The minimum absolute atomic E-state index is 0.0879. The van der Waals surface area contributed by atoms with Crippen LogP contribution in [0.4, 0.5) is 0 Å². The summed E-state index contributed by atoms with van der Waals surface area (Å²) in [5.41, 5.74) is 8.42. The number of aliphatic hydroxyl groups excluding tert-OH is 2. The maximum atomic E-state index is 13.2. The molecule has 0 amide bonds. The van der Waals surface area contributed by atoms with Gasteiger partial charge in [0.1, 0.15) is 17.9 Å². The van der Waals surface area contributed by atoms with Crippen molar-refractivity contribution in [2.75, 3.05) is 0 Å². The molecule has 8 nitrogen and oxygen atoms in total.